The lowest BCUT2D eigenvalue weighted by atomic mass is 10.3. The molecule has 22 heavy (non-hydrogen) atoms. The van der Waals surface area contributed by atoms with E-state index in [0.717, 1.165) is 0 Å². The molecule has 0 saturated carbocycles. The van der Waals surface area contributed by atoms with Gasteiger partial charge >= 0.3 is 13.5 Å². The summed E-state index contributed by atoms with van der Waals surface area (Å²) in [7, 11) is -3.18. The predicted molar refractivity (Wildman–Crippen MR) is 85.3 cm³/mol. The minimum Gasteiger partial charge on any atom is -0.433 e. The van der Waals surface area contributed by atoms with Gasteiger partial charge in [0.05, 0.1) is 0 Å². The molecule has 0 heterocycles. The first-order valence-electron chi connectivity index (χ1n) is 6.83. The monoisotopic (exact) mass is 319 g/mol. The number of benzene rings is 2. The van der Waals surface area contributed by atoms with Gasteiger partial charge in [-0.2, -0.15) is 0 Å². The summed E-state index contributed by atoms with van der Waals surface area (Å²) < 4.78 is 23.0. The predicted octanol–water partition coefficient (Wildman–Crippen LogP) is 3.47. The van der Waals surface area contributed by atoms with Gasteiger partial charge in [0.1, 0.15) is 17.5 Å². The van der Waals surface area contributed by atoms with Crippen LogP contribution < -0.4 is 14.3 Å². The standard InChI is InChI=1S/C16H18NO4P/c1-13(16(18)20-14-9-5-3-6-10-14)17-22(2,19)21-15-11-7-4-8-12-15/h3-13H,1-2H3,(H,17,19)/t13-,22?/m1/s1. The van der Waals surface area contributed by atoms with Crippen LogP contribution in [-0.2, 0) is 9.36 Å². The van der Waals surface area contributed by atoms with E-state index in [0.29, 0.717) is 11.5 Å². The topological polar surface area (TPSA) is 64.6 Å². The van der Waals surface area contributed by atoms with Gasteiger partial charge in [-0.05, 0) is 31.2 Å². The summed E-state index contributed by atoms with van der Waals surface area (Å²) in [6.45, 7) is 3.00. The maximum Gasteiger partial charge on any atom is 0.328 e. The van der Waals surface area contributed by atoms with Crippen molar-refractivity contribution in [2.75, 3.05) is 6.66 Å². The molecule has 0 fully saturated rings. The van der Waals surface area contributed by atoms with E-state index in [1.54, 1.807) is 55.5 Å². The van der Waals surface area contributed by atoms with Crippen LogP contribution in [0.25, 0.3) is 0 Å². The molecule has 5 nitrogen and oxygen atoms in total. The van der Waals surface area contributed by atoms with Gasteiger partial charge in [0.25, 0.3) is 0 Å². The summed E-state index contributed by atoms with van der Waals surface area (Å²) in [5, 5.41) is 2.68. The maximum atomic E-state index is 12.4. The third-order valence-electron chi connectivity index (χ3n) is 2.77. The van der Waals surface area contributed by atoms with Crippen molar-refractivity contribution in [1.29, 1.82) is 0 Å². The third kappa shape index (κ3) is 5.02. The average Bonchev–Trinajstić information content (AvgIpc) is 2.48. The van der Waals surface area contributed by atoms with Crippen LogP contribution in [0, 0.1) is 0 Å². The Morgan fingerprint density at radius 2 is 1.50 bits per heavy atom. The Balaban J connectivity index is 1.93. The molecule has 116 valence electrons. The molecule has 0 aliphatic heterocycles. The molecule has 0 amide bonds. The number of nitrogens with one attached hydrogen (secondary N) is 1. The molecule has 6 heteroatoms. The molecular formula is C16H18NO4P. The Bertz CT molecular complexity index is 660. The number of ether oxygens (including phenoxy) is 1. The summed E-state index contributed by atoms with van der Waals surface area (Å²) in [6, 6.07) is 16.7. The smallest absolute Gasteiger partial charge is 0.328 e. The molecule has 2 aromatic carbocycles. The summed E-state index contributed by atoms with van der Waals surface area (Å²) >= 11 is 0. The number of carbonyl (C=O) groups is 1. The van der Waals surface area contributed by atoms with Crippen LogP contribution >= 0.6 is 7.52 Å². The van der Waals surface area contributed by atoms with E-state index in [9.17, 15) is 9.36 Å². The maximum absolute atomic E-state index is 12.4. The molecule has 0 radical (unpaired) electrons. The fourth-order valence-corrected chi connectivity index (χ4v) is 3.19. The molecule has 0 aliphatic carbocycles. The van der Waals surface area contributed by atoms with Crippen molar-refractivity contribution in [3.05, 3.63) is 60.7 Å². The van der Waals surface area contributed by atoms with Crippen LogP contribution in [0.15, 0.2) is 60.7 Å². The lowest BCUT2D eigenvalue weighted by molar-refractivity contribution is -0.135. The largest absolute Gasteiger partial charge is 0.433 e. The van der Waals surface area contributed by atoms with Crippen molar-refractivity contribution >= 4 is 13.5 Å². The van der Waals surface area contributed by atoms with Gasteiger partial charge in [-0.15, -0.1) is 0 Å². The van der Waals surface area contributed by atoms with Gasteiger partial charge in [-0.1, -0.05) is 36.4 Å². The molecule has 0 bridgehead atoms. The van der Waals surface area contributed by atoms with Crippen LogP contribution in [-0.4, -0.2) is 18.7 Å². The lowest BCUT2D eigenvalue weighted by Crippen LogP contribution is -2.35. The second-order valence-corrected chi connectivity index (χ2v) is 6.97. The van der Waals surface area contributed by atoms with Gasteiger partial charge in [0.15, 0.2) is 0 Å². The highest BCUT2D eigenvalue weighted by atomic mass is 31.2. The molecule has 0 spiro atoms. The number of para-hydroxylation sites is 2. The minimum absolute atomic E-state index is 0.441. The number of rotatable bonds is 6. The Morgan fingerprint density at radius 1 is 1.00 bits per heavy atom. The van der Waals surface area contributed by atoms with E-state index in [1.165, 1.54) is 6.66 Å². The van der Waals surface area contributed by atoms with E-state index in [-0.39, 0.29) is 0 Å². The Hall–Kier alpha value is -2.10. The van der Waals surface area contributed by atoms with E-state index < -0.39 is 19.5 Å². The molecular weight excluding hydrogens is 301 g/mol. The SMILES string of the molecule is C[C@@H](NP(C)(=O)Oc1ccccc1)C(=O)Oc1ccccc1. The molecule has 1 unspecified atom stereocenters. The summed E-state index contributed by atoms with van der Waals surface area (Å²) in [4.78, 5) is 12.0. The molecule has 0 aliphatic rings. The van der Waals surface area contributed by atoms with Crippen molar-refractivity contribution in [3.63, 3.8) is 0 Å². The van der Waals surface area contributed by atoms with Crippen LogP contribution in [0.3, 0.4) is 0 Å². The van der Waals surface area contributed by atoms with Gasteiger partial charge in [-0.25, -0.2) is 9.88 Å². The fourth-order valence-electron chi connectivity index (χ4n) is 1.81. The Morgan fingerprint density at radius 3 is 2.05 bits per heavy atom. The summed E-state index contributed by atoms with van der Waals surface area (Å²) in [5.41, 5.74) is 0. The Labute approximate surface area is 129 Å². The third-order valence-corrected chi connectivity index (χ3v) is 4.18. The van der Waals surface area contributed by atoms with Gasteiger partial charge in [0, 0.05) is 6.66 Å². The van der Waals surface area contributed by atoms with Crippen molar-refractivity contribution in [1.82, 2.24) is 5.09 Å². The van der Waals surface area contributed by atoms with E-state index in [1.807, 2.05) is 12.1 Å². The van der Waals surface area contributed by atoms with Crippen LogP contribution in [0.5, 0.6) is 11.5 Å². The lowest BCUT2D eigenvalue weighted by Gasteiger charge is -2.20. The zero-order chi connectivity index (χ0) is 16.0. The Kier molecular flexibility index (Phi) is 5.36. The minimum atomic E-state index is -3.18. The second kappa shape index (κ2) is 7.25. The number of carbonyl (C=O) groups excluding carboxylic acids is 1. The van der Waals surface area contributed by atoms with Crippen LogP contribution in [0.1, 0.15) is 6.92 Å². The number of hydrogen-bond donors (Lipinski definition) is 1. The summed E-state index contributed by atoms with van der Waals surface area (Å²) in [6.07, 6.45) is 0. The highest BCUT2D eigenvalue weighted by molar-refractivity contribution is 7.56. The second-order valence-electron chi connectivity index (χ2n) is 4.84. The highest BCUT2D eigenvalue weighted by Crippen LogP contribution is 2.39. The molecule has 2 atom stereocenters. The van der Waals surface area contributed by atoms with E-state index >= 15 is 0 Å². The quantitative estimate of drug-likeness (QED) is 0.502. The van der Waals surface area contributed by atoms with Gasteiger partial charge in [-0.3, -0.25) is 4.57 Å². The van der Waals surface area contributed by atoms with E-state index in [4.69, 9.17) is 9.26 Å². The first-order valence-corrected chi connectivity index (χ1v) is 8.90. The van der Waals surface area contributed by atoms with Crippen molar-refractivity contribution in [3.8, 4) is 11.5 Å². The zero-order valence-electron chi connectivity index (χ0n) is 12.4. The molecule has 2 rings (SSSR count). The van der Waals surface area contributed by atoms with Gasteiger partial charge in [0.2, 0.25) is 0 Å². The zero-order valence-corrected chi connectivity index (χ0v) is 13.3. The van der Waals surface area contributed by atoms with Crippen molar-refractivity contribution < 1.29 is 18.6 Å². The number of esters is 1. The fraction of sp³-hybridized carbons (Fsp3) is 0.188. The van der Waals surface area contributed by atoms with Gasteiger partial charge < -0.3 is 9.26 Å². The molecule has 0 aromatic heterocycles. The first-order chi connectivity index (χ1) is 10.5. The van der Waals surface area contributed by atoms with Crippen molar-refractivity contribution in [2.24, 2.45) is 0 Å². The first kappa shape index (κ1) is 16.3. The van der Waals surface area contributed by atoms with Crippen LogP contribution in [0.2, 0.25) is 0 Å². The molecule has 0 saturated heterocycles. The van der Waals surface area contributed by atoms with E-state index in [2.05, 4.69) is 5.09 Å². The highest BCUT2D eigenvalue weighted by Gasteiger charge is 2.25. The summed E-state index contributed by atoms with van der Waals surface area (Å²) in [5.74, 6) is 0.394. The number of hydrogen-bond acceptors (Lipinski definition) is 4. The molecule has 1 N–H and O–H groups in total. The average molecular weight is 319 g/mol. The molecule has 2 aromatic rings. The normalized spacial score (nSPS) is 14.6. The van der Waals surface area contributed by atoms with Crippen LogP contribution in [0.4, 0.5) is 0 Å². The van der Waals surface area contributed by atoms with Crippen molar-refractivity contribution in [2.45, 2.75) is 13.0 Å².